The minimum absolute atomic E-state index is 0.0982. The smallest absolute Gasteiger partial charge is 0.225 e. The van der Waals surface area contributed by atoms with Gasteiger partial charge < -0.3 is 15.3 Å². The number of anilines is 1. The van der Waals surface area contributed by atoms with Gasteiger partial charge in [-0.25, -0.2) is 0 Å². The summed E-state index contributed by atoms with van der Waals surface area (Å²) >= 11 is 1.65. The Balaban J connectivity index is 1.57. The fraction of sp³-hybridized carbons (Fsp3) is 0.444. The Kier molecular flexibility index (Phi) is 5.49. The number of carbonyl (C=O) groups is 1. The predicted octanol–water partition coefficient (Wildman–Crippen LogP) is 1.44. The number of amides is 1. The Morgan fingerprint density at radius 3 is 2.81 bits per heavy atom. The summed E-state index contributed by atoms with van der Waals surface area (Å²) in [5, 5.41) is 29.8. The van der Waals surface area contributed by atoms with E-state index >= 15 is 0 Å². The molecule has 0 bridgehead atoms. The van der Waals surface area contributed by atoms with Gasteiger partial charge in [-0.3, -0.25) is 4.79 Å². The molecule has 8 heteroatoms. The van der Waals surface area contributed by atoms with Crippen LogP contribution in [0, 0.1) is 11.3 Å². The second-order valence-electron chi connectivity index (χ2n) is 6.67. The number of β-amino-alcohol motifs (C(OH)–C–C–N with tert-alkyl or cyclic N) is 1. The highest BCUT2D eigenvalue weighted by Gasteiger charge is 2.33. The molecule has 0 aromatic carbocycles. The van der Waals surface area contributed by atoms with Crippen molar-refractivity contribution in [3.8, 4) is 6.07 Å². The molecule has 1 saturated heterocycles. The quantitative estimate of drug-likeness (QED) is 0.825. The fourth-order valence-corrected chi connectivity index (χ4v) is 3.90. The van der Waals surface area contributed by atoms with Gasteiger partial charge in [0.2, 0.25) is 5.91 Å². The zero-order valence-electron chi connectivity index (χ0n) is 14.7. The molecule has 26 heavy (non-hydrogen) atoms. The molecule has 0 aliphatic carbocycles. The molecule has 1 fully saturated rings. The first-order chi connectivity index (χ1) is 12.5. The van der Waals surface area contributed by atoms with Crippen molar-refractivity contribution in [2.45, 2.75) is 38.3 Å². The van der Waals surface area contributed by atoms with Crippen LogP contribution >= 0.6 is 11.3 Å². The number of hydrogen-bond acceptors (Lipinski definition) is 7. The van der Waals surface area contributed by atoms with E-state index in [1.165, 1.54) is 4.88 Å². The summed E-state index contributed by atoms with van der Waals surface area (Å²) in [6.45, 7) is 5.08. The minimum atomic E-state index is -0.675. The normalized spacial score (nSPS) is 19.6. The molecule has 2 atom stereocenters. The van der Waals surface area contributed by atoms with Gasteiger partial charge in [-0.05, 0) is 30.2 Å². The summed E-state index contributed by atoms with van der Waals surface area (Å²) in [4.78, 5) is 16.5. The SMILES string of the molecule is CC(C)c1ccc(CC(=O)N[C@@H]2CN(c3ccc(C#N)nn3)C[C@@H]2O)s1. The monoisotopic (exact) mass is 371 g/mol. The zero-order chi connectivity index (χ0) is 18.7. The maximum atomic E-state index is 12.3. The van der Waals surface area contributed by atoms with Crippen molar-refractivity contribution in [2.24, 2.45) is 0 Å². The van der Waals surface area contributed by atoms with Crippen molar-refractivity contribution in [3.05, 3.63) is 39.7 Å². The Hall–Kier alpha value is -2.50. The molecule has 1 aliphatic heterocycles. The first-order valence-corrected chi connectivity index (χ1v) is 9.32. The first kappa shape index (κ1) is 18.3. The topological polar surface area (TPSA) is 102 Å². The molecule has 3 rings (SSSR count). The number of aliphatic hydroxyl groups excluding tert-OH is 1. The molecule has 0 saturated carbocycles. The summed E-state index contributed by atoms with van der Waals surface area (Å²) in [5.41, 5.74) is 0.245. The van der Waals surface area contributed by atoms with Gasteiger partial charge in [0.15, 0.2) is 11.5 Å². The molecule has 0 radical (unpaired) electrons. The number of nitrogens with zero attached hydrogens (tertiary/aromatic N) is 4. The molecule has 0 spiro atoms. The van der Waals surface area contributed by atoms with Gasteiger partial charge in [-0.15, -0.1) is 21.5 Å². The van der Waals surface area contributed by atoms with Gasteiger partial charge in [0, 0.05) is 22.8 Å². The van der Waals surface area contributed by atoms with E-state index in [0.29, 0.717) is 31.2 Å². The third-order valence-electron chi connectivity index (χ3n) is 4.31. The van der Waals surface area contributed by atoms with Crippen molar-refractivity contribution < 1.29 is 9.90 Å². The van der Waals surface area contributed by atoms with Crippen LogP contribution in [-0.2, 0) is 11.2 Å². The molecular formula is C18H21N5O2S. The van der Waals surface area contributed by atoms with Crippen molar-refractivity contribution in [1.82, 2.24) is 15.5 Å². The van der Waals surface area contributed by atoms with Crippen molar-refractivity contribution in [3.63, 3.8) is 0 Å². The number of carbonyl (C=O) groups excluding carboxylic acids is 1. The van der Waals surface area contributed by atoms with E-state index in [2.05, 4.69) is 35.4 Å². The molecule has 2 aromatic rings. The molecule has 3 heterocycles. The average Bonchev–Trinajstić information content (AvgIpc) is 3.22. The van der Waals surface area contributed by atoms with Gasteiger partial charge in [0.05, 0.1) is 18.6 Å². The van der Waals surface area contributed by atoms with Crippen LogP contribution in [-0.4, -0.2) is 46.4 Å². The van der Waals surface area contributed by atoms with Gasteiger partial charge in [0.25, 0.3) is 0 Å². The van der Waals surface area contributed by atoms with Gasteiger partial charge in [0.1, 0.15) is 6.07 Å². The van der Waals surface area contributed by atoms with Crippen molar-refractivity contribution >= 4 is 23.1 Å². The van der Waals surface area contributed by atoms with E-state index in [9.17, 15) is 9.90 Å². The lowest BCUT2D eigenvalue weighted by Gasteiger charge is -2.17. The molecule has 0 unspecified atom stereocenters. The minimum Gasteiger partial charge on any atom is -0.389 e. The molecule has 2 N–H and O–H groups in total. The number of nitrogens with one attached hydrogen (secondary N) is 1. The maximum absolute atomic E-state index is 12.3. The Morgan fingerprint density at radius 1 is 1.38 bits per heavy atom. The van der Waals surface area contributed by atoms with Gasteiger partial charge >= 0.3 is 0 Å². The number of rotatable bonds is 5. The number of hydrogen-bond donors (Lipinski definition) is 2. The number of nitriles is 1. The Morgan fingerprint density at radius 2 is 2.19 bits per heavy atom. The molecule has 2 aromatic heterocycles. The number of aromatic nitrogens is 2. The lowest BCUT2D eigenvalue weighted by molar-refractivity contribution is -0.121. The maximum Gasteiger partial charge on any atom is 0.225 e. The lowest BCUT2D eigenvalue weighted by atomic mass is 10.2. The molecule has 1 aliphatic rings. The van der Waals surface area contributed by atoms with Crippen molar-refractivity contribution in [1.29, 1.82) is 5.26 Å². The predicted molar refractivity (Wildman–Crippen MR) is 99.0 cm³/mol. The standard InChI is InChI=1S/C18H21N5O2S/c1-11(2)16-5-4-13(26-16)7-18(25)20-14-9-23(10-15(14)24)17-6-3-12(8-19)21-22-17/h3-6,11,14-15,24H,7,9-10H2,1-2H3,(H,20,25)/t14-,15+/m1/s1. The van der Waals surface area contributed by atoms with E-state index < -0.39 is 6.10 Å². The lowest BCUT2D eigenvalue weighted by Crippen LogP contribution is -2.43. The van der Waals surface area contributed by atoms with E-state index in [1.54, 1.807) is 23.5 Å². The van der Waals surface area contributed by atoms with Crippen LogP contribution in [0.2, 0.25) is 0 Å². The van der Waals surface area contributed by atoms with E-state index in [1.807, 2.05) is 17.0 Å². The first-order valence-electron chi connectivity index (χ1n) is 8.51. The molecule has 7 nitrogen and oxygen atoms in total. The van der Waals surface area contributed by atoms with Gasteiger partial charge in [-0.2, -0.15) is 5.26 Å². The van der Waals surface area contributed by atoms with Crippen LogP contribution in [0.1, 0.15) is 35.2 Å². The fourth-order valence-electron chi connectivity index (χ4n) is 2.88. The van der Waals surface area contributed by atoms with Crippen LogP contribution in [0.15, 0.2) is 24.3 Å². The van der Waals surface area contributed by atoms with E-state index in [-0.39, 0.29) is 17.6 Å². The average molecular weight is 371 g/mol. The van der Waals surface area contributed by atoms with Crippen molar-refractivity contribution in [2.75, 3.05) is 18.0 Å². The summed E-state index contributed by atoms with van der Waals surface area (Å²) in [5.74, 6) is 0.939. The second kappa shape index (κ2) is 7.81. The molecule has 136 valence electrons. The highest BCUT2D eigenvalue weighted by Crippen LogP contribution is 2.24. The number of thiophene rings is 1. The summed E-state index contributed by atoms with van der Waals surface area (Å²) in [7, 11) is 0. The van der Waals surface area contributed by atoms with Crippen LogP contribution in [0.25, 0.3) is 0 Å². The van der Waals surface area contributed by atoms with E-state index in [0.717, 1.165) is 4.88 Å². The third-order valence-corrected chi connectivity index (χ3v) is 5.70. The zero-order valence-corrected chi connectivity index (χ0v) is 15.5. The van der Waals surface area contributed by atoms with Crippen LogP contribution < -0.4 is 10.2 Å². The molecule has 1 amide bonds. The van der Waals surface area contributed by atoms with Crippen LogP contribution in [0.3, 0.4) is 0 Å². The highest BCUT2D eigenvalue weighted by atomic mass is 32.1. The second-order valence-corrected chi connectivity index (χ2v) is 7.87. The third kappa shape index (κ3) is 4.18. The number of aliphatic hydroxyl groups is 1. The highest BCUT2D eigenvalue weighted by molar-refractivity contribution is 7.12. The Labute approximate surface area is 156 Å². The summed E-state index contributed by atoms with van der Waals surface area (Å²) < 4.78 is 0. The van der Waals surface area contributed by atoms with E-state index in [4.69, 9.17) is 5.26 Å². The van der Waals surface area contributed by atoms with Gasteiger partial charge in [-0.1, -0.05) is 13.8 Å². The summed E-state index contributed by atoms with van der Waals surface area (Å²) in [6, 6.07) is 8.90. The Bertz CT molecular complexity index is 812. The largest absolute Gasteiger partial charge is 0.389 e. The summed E-state index contributed by atoms with van der Waals surface area (Å²) in [6.07, 6.45) is -0.358. The molecular weight excluding hydrogens is 350 g/mol. The van der Waals surface area contributed by atoms with Crippen LogP contribution in [0.5, 0.6) is 0 Å². The van der Waals surface area contributed by atoms with Crippen LogP contribution in [0.4, 0.5) is 5.82 Å².